The van der Waals surface area contributed by atoms with Crippen LogP contribution in [0.3, 0.4) is 0 Å². The van der Waals surface area contributed by atoms with Crippen molar-refractivity contribution in [1.82, 2.24) is 0 Å². The molecule has 0 amide bonds. The Morgan fingerprint density at radius 2 is 1.48 bits per heavy atom. The van der Waals surface area contributed by atoms with Crippen LogP contribution in [0.2, 0.25) is 36.3 Å². The van der Waals surface area contributed by atoms with Gasteiger partial charge in [-0.3, -0.25) is 0 Å². The first-order chi connectivity index (χ1) is 20.0. The molecule has 0 heterocycles. The molecular formula is C40H72O2Si2. The fourth-order valence-corrected chi connectivity index (χ4v) is 10.5. The van der Waals surface area contributed by atoms with Gasteiger partial charge in [-0.2, -0.15) is 0 Å². The second-order valence-electron chi connectivity index (χ2n) is 18.8. The molecule has 0 aromatic carbocycles. The summed E-state index contributed by atoms with van der Waals surface area (Å²) in [6, 6.07) is 0. The fourth-order valence-electron chi connectivity index (χ4n) is 7.94. The van der Waals surface area contributed by atoms with Gasteiger partial charge in [-0.15, -0.1) is 0 Å². The number of hydrogen-bond donors (Lipinski definition) is 0. The van der Waals surface area contributed by atoms with Gasteiger partial charge in [-0.05, 0) is 114 Å². The lowest BCUT2D eigenvalue weighted by atomic mass is 9.60. The highest BCUT2D eigenvalue weighted by molar-refractivity contribution is 6.74. The van der Waals surface area contributed by atoms with E-state index in [0.717, 1.165) is 41.2 Å². The Morgan fingerprint density at radius 1 is 0.886 bits per heavy atom. The summed E-state index contributed by atoms with van der Waals surface area (Å²) in [5, 5.41) is 0.255. The van der Waals surface area contributed by atoms with E-state index in [2.05, 4.69) is 121 Å². The lowest BCUT2D eigenvalue weighted by Gasteiger charge is -2.46. The van der Waals surface area contributed by atoms with Crippen LogP contribution in [0, 0.1) is 29.1 Å². The second kappa shape index (κ2) is 13.8. The quantitative estimate of drug-likeness (QED) is 0.175. The molecule has 0 radical (unpaired) electrons. The smallest absolute Gasteiger partial charge is 0.193 e. The van der Waals surface area contributed by atoms with Crippen LogP contribution in [0.1, 0.15) is 127 Å². The Kier molecular flexibility index (Phi) is 11.9. The summed E-state index contributed by atoms with van der Waals surface area (Å²) in [6.07, 6.45) is 16.5. The molecule has 44 heavy (non-hydrogen) atoms. The van der Waals surface area contributed by atoms with Crippen LogP contribution in [0.15, 0.2) is 47.6 Å². The number of hydrogen-bond acceptors (Lipinski definition) is 2. The third kappa shape index (κ3) is 8.23. The van der Waals surface area contributed by atoms with E-state index >= 15 is 0 Å². The molecule has 1 unspecified atom stereocenters. The van der Waals surface area contributed by atoms with Gasteiger partial charge in [0.2, 0.25) is 0 Å². The zero-order chi connectivity index (χ0) is 33.5. The number of allylic oxidation sites excluding steroid dienone is 3. The van der Waals surface area contributed by atoms with E-state index in [0.29, 0.717) is 5.41 Å². The van der Waals surface area contributed by atoms with Crippen LogP contribution in [-0.2, 0) is 8.85 Å². The monoisotopic (exact) mass is 641 g/mol. The lowest BCUT2D eigenvalue weighted by Crippen LogP contribution is -2.50. The SMILES string of the molecule is C=C1/C(=C\C=C2CCC[C@@]3(C)C2CC[C@@H]3[C@@H](C)CCCC(C)C)C[C@@H](O[Si](C)(C)C(C)(C)C)C(=C)[C@H]1O[Si](C)(C)C(C)(C)C. The van der Waals surface area contributed by atoms with Crippen molar-refractivity contribution in [2.45, 2.75) is 175 Å². The van der Waals surface area contributed by atoms with Crippen molar-refractivity contribution in [1.29, 1.82) is 0 Å². The summed E-state index contributed by atoms with van der Waals surface area (Å²) in [6.45, 7) is 42.6. The van der Waals surface area contributed by atoms with Gasteiger partial charge in [0.15, 0.2) is 16.6 Å². The molecule has 2 nitrogen and oxygen atoms in total. The normalized spacial score (nSPS) is 31.7. The van der Waals surface area contributed by atoms with Gasteiger partial charge in [-0.25, -0.2) is 0 Å². The van der Waals surface area contributed by atoms with E-state index in [1.165, 1.54) is 56.9 Å². The Morgan fingerprint density at radius 3 is 2.05 bits per heavy atom. The molecule has 0 aliphatic heterocycles. The minimum Gasteiger partial charge on any atom is -0.410 e. The fraction of sp³-hybridized carbons (Fsp3) is 0.800. The van der Waals surface area contributed by atoms with Crippen molar-refractivity contribution in [2.75, 3.05) is 0 Å². The van der Waals surface area contributed by atoms with Gasteiger partial charge in [0, 0.05) is 6.42 Å². The van der Waals surface area contributed by atoms with Gasteiger partial charge in [-0.1, -0.05) is 119 Å². The first kappa shape index (κ1) is 37.8. The molecule has 252 valence electrons. The first-order valence-electron chi connectivity index (χ1n) is 18.1. The van der Waals surface area contributed by atoms with Crippen molar-refractivity contribution in [2.24, 2.45) is 29.1 Å². The molecule has 3 saturated carbocycles. The highest BCUT2D eigenvalue weighted by Gasteiger charge is 2.51. The van der Waals surface area contributed by atoms with Crippen molar-refractivity contribution in [3.8, 4) is 0 Å². The molecule has 3 fully saturated rings. The molecule has 0 saturated heterocycles. The average molecular weight is 641 g/mol. The Hall–Kier alpha value is -0.686. The topological polar surface area (TPSA) is 18.5 Å². The molecular weight excluding hydrogens is 569 g/mol. The predicted molar refractivity (Wildman–Crippen MR) is 199 cm³/mol. The van der Waals surface area contributed by atoms with Crippen LogP contribution >= 0.6 is 0 Å². The largest absolute Gasteiger partial charge is 0.410 e. The summed E-state index contributed by atoms with van der Waals surface area (Å²) >= 11 is 0. The van der Waals surface area contributed by atoms with Crippen LogP contribution < -0.4 is 0 Å². The van der Waals surface area contributed by atoms with Crippen molar-refractivity contribution >= 4 is 16.6 Å². The van der Waals surface area contributed by atoms with Crippen molar-refractivity contribution in [3.63, 3.8) is 0 Å². The molecule has 0 aromatic rings. The van der Waals surface area contributed by atoms with E-state index in [9.17, 15) is 0 Å². The Bertz CT molecular complexity index is 1100. The Balaban J connectivity index is 1.92. The molecule has 0 bridgehead atoms. The minimum absolute atomic E-state index is 0.0278. The van der Waals surface area contributed by atoms with Crippen LogP contribution in [0.25, 0.3) is 0 Å². The van der Waals surface area contributed by atoms with Crippen LogP contribution in [0.5, 0.6) is 0 Å². The van der Waals surface area contributed by atoms with E-state index in [4.69, 9.17) is 8.85 Å². The molecule has 3 rings (SSSR count). The van der Waals surface area contributed by atoms with Crippen LogP contribution in [0.4, 0.5) is 0 Å². The lowest BCUT2D eigenvalue weighted by molar-refractivity contribution is 0.0928. The molecule has 0 aromatic heterocycles. The summed E-state index contributed by atoms with van der Waals surface area (Å²) in [7, 11) is -4.06. The molecule has 0 N–H and O–H groups in total. The van der Waals surface area contributed by atoms with Gasteiger partial charge in [0.25, 0.3) is 0 Å². The van der Waals surface area contributed by atoms with Crippen LogP contribution in [-0.4, -0.2) is 28.8 Å². The zero-order valence-electron chi connectivity index (χ0n) is 31.7. The average Bonchev–Trinajstić information content (AvgIpc) is 3.23. The summed E-state index contributed by atoms with van der Waals surface area (Å²) in [5.74, 6) is 3.22. The van der Waals surface area contributed by atoms with Gasteiger partial charge < -0.3 is 8.85 Å². The summed E-state index contributed by atoms with van der Waals surface area (Å²) < 4.78 is 14.2. The van der Waals surface area contributed by atoms with Crippen molar-refractivity contribution in [3.05, 3.63) is 47.6 Å². The second-order valence-corrected chi connectivity index (χ2v) is 28.3. The Labute approximate surface area is 276 Å². The molecule has 3 aliphatic carbocycles. The summed E-state index contributed by atoms with van der Waals surface area (Å²) in [4.78, 5) is 0. The van der Waals surface area contributed by atoms with E-state index < -0.39 is 16.6 Å². The third-order valence-electron chi connectivity index (χ3n) is 13.0. The van der Waals surface area contributed by atoms with E-state index in [1.807, 2.05) is 0 Å². The maximum atomic E-state index is 7.11. The molecule has 4 heteroatoms. The highest BCUT2D eigenvalue weighted by Crippen LogP contribution is 2.60. The predicted octanol–water partition coefficient (Wildman–Crippen LogP) is 12.8. The van der Waals surface area contributed by atoms with E-state index in [1.54, 1.807) is 5.57 Å². The van der Waals surface area contributed by atoms with Crippen molar-refractivity contribution < 1.29 is 8.85 Å². The highest BCUT2D eigenvalue weighted by atomic mass is 28.4. The standard InChI is InChI=1S/C40H72O2Si2/c1-28(2)19-17-20-29(3)34-24-25-35-32(21-18-26-40(34,35)12)22-23-33-27-36(41-43(13,14)38(6,7)8)31(5)37(30(33)4)42-44(15,16)39(9,10)11/h22-23,28-29,34-37H,4-5,17-21,24-27H2,1-3,6-16H3/b32-22?,33-23-/t29-,34+,35?,36+,37-,40+/m0/s1. The molecule has 0 spiro atoms. The maximum Gasteiger partial charge on any atom is 0.193 e. The third-order valence-corrected chi connectivity index (χ3v) is 21.9. The number of fused-ring (bicyclic) bond motifs is 1. The van der Waals surface area contributed by atoms with Gasteiger partial charge in [0.1, 0.15) is 0 Å². The molecule has 3 aliphatic rings. The first-order valence-corrected chi connectivity index (χ1v) is 24.0. The molecule has 6 atom stereocenters. The minimum atomic E-state index is -2.06. The number of rotatable bonds is 10. The van der Waals surface area contributed by atoms with Gasteiger partial charge >= 0.3 is 0 Å². The van der Waals surface area contributed by atoms with Gasteiger partial charge in [0.05, 0.1) is 12.2 Å². The maximum absolute atomic E-state index is 7.11. The zero-order valence-corrected chi connectivity index (χ0v) is 33.7. The van der Waals surface area contributed by atoms with E-state index in [-0.39, 0.29) is 22.3 Å². The summed E-state index contributed by atoms with van der Waals surface area (Å²) in [5.41, 5.74) is 5.61.